The van der Waals surface area contributed by atoms with E-state index in [4.69, 9.17) is 0 Å². The van der Waals surface area contributed by atoms with Crippen LogP contribution in [0.15, 0.2) is 24.3 Å². The van der Waals surface area contributed by atoms with E-state index in [0.717, 1.165) is 31.7 Å². The minimum atomic E-state index is -0.765. The molecule has 20 heavy (non-hydrogen) atoms. The van der Waals surface area contributed by atoms with Crippen molar-refractivity contribution in [2.45, 2.75) is 39.7 Å². The van der Waals surface area contributed by atoms with Gasteiger partial charge in [-0.15, -0.1) is 0 Å². The molecule has 1 atom stereocenters. The summed E-state index contributed by atoms with van der Waals surface area (Å²) in [6.07, 6.45) is 1.55. The lowest BCUT2D eigenvalue weighted by Crippen LogP contribution is -2.40. The van der Waals surface area contributed by atoms with E-state index < -0.39 is 12.0 Å². The molecular weight excluding hydrogens is 252 g/mol. The Kier molecular flexibility index (Phi) is 7.09. The van der Waals surface area contributed by atoms with Crippen LogP contribution in [0.4, 0.5) is 5.69 Å². The van der Waals surface area contributed by atoms with E-state index in [9.17, 15) is 9.90 Å². The first-order valence-electron chi connectivity index (χ1n) is 7.36. The Balaban J connectivity index is 2.61. The highest BCUT2D eigenvalue weighted by Gasteiger charge is 2.17. The summed E-state index contributed by atoms with van der Waals surface area (Å²) in [5, 5.41) is 12.3. The molecule has 1 unspecified atom stereocenters. The molecule has 112 valence electrons. The fourth-order valence-electron chi connectivity index (χ4n) is 2.21. The molecule has 0 aliphatic rings. The van der Waals surface area contributed by atoms with Gasteiger partial charge in [-0.3, -0.25) is 4.79 Å². The third kappa shape index (κ3) is 5.21. The van der Waals surface area contributed by atoms with Gasteiger partial charge in [0.2, 0.25) is 0 Å². The van der Waals surface area contributed by atoms with Crippen molar-refractivity contribution in [1.82, 2.24) is 5.32 Å². The number of carbonyl (C=O) groups is 1. The molecule has 0 amide bonds. The van der Waals surface area contributed by atoms with Gasteiger partial charge in [0.25, 0.3) is 0 Å². The Labute approximate surface area is 121 Å². The first kappa shape index (κ1) is 16.5. The molecule has 0 aromatic heterocycles. The van der Waals surface area contributed by atoms with Crippen molar-refractivity contribution in [2.24, 2.45) is 0 Å². The highest BCUT2D eigenvalue weighted by molar-refractivity contribution is 5.73. The molecular formula is C16H26N2O2. The second-order valence-electron chi connectivity index (χ2n) is 5.05. The topological polar surface area (TPSA) is 52.6 Å². The van der Waals surface area contributed by atoms with Crippen LogP contribution < -0.4 is 10.2 Å². The van der Waals surface area contributed by atoms with Gasteiger partial charge in [-0.05, 0) is 50.9 Å². The van der Waals surface area contributed by atoms with Gasteiger partial charge in [-0.1, -0.05) is 19.1 Å². The highest BCUT2D eigenvalue weighted by Crippen LogP contribution is 2.16. The molecule has 0 saturated carbocycles. The summed E-state index contributed by atoms with van der Waals surface area (Å²) in [6, 6.07) is 7.86. The van der Waals surface area contributed by atoms with Crippen LogP contribution in [0.1, 0.15) is 32.3 Å². The second-order valence-corrected chi connectivity index (χ2v) is 5.05. The van der Waals surface area contributed by atoms with Gasteiger partial charge in [-0.25, -0.2) is 0 Å². The third-order valence-corrected chi connectivity index (χ3v) is 3.38. The van der Waals surface area contributed by atoms with Crippen molar-refractivity contribution in [3.05, 3.63) is 29.8 Å². The molecule has 0 aliphatic heterocycles. The SMILES string of the molecule is CCCNC(CCN(CC)c1cccc(C)c1)C(=O)O. The van der Waals surface area contributed by atoms with Gasteiger partial charge < -0.3 is 15.3 Å². The number of carboxylic acid groups (broad SMARTS) is 1. The smallest absolute Gasteiger partial charge is 0.320 e. The van der Waals surface area contributed by atoms with E-state index in [-0.39, 0.29) is 0 Å². The van der Waals surface area contributed by atoms with Crippen LogP contribution >= 0.6 is 0 Å². The number of nitrogens with zero attached hydrogens (tertiary/aromatic N) is 1. The summed E-state index contributed by atoms with van der Waals surface area (Å²) in [4.78, 5) is 13.4. The van der Waals surface area contributed by atoms with Crippen LogP contribution in [0.25, 0.3) is 0 Å². The van der Waals surface area contributed by atoms with Gasteiger partial charge in [-0.2, -0.15) is 0 Å². The number of aryl methyl sites for hydroxylation is 1. The third-order valence-electron chi connectivity index (χ3n) is 3.38. The molecule has 1 rings (SSSR count). The van der Waals surface area contributed by atoms with Crippen molar-refractivity contribution in [3.63, 3.8) is 0 Å². The molecule has 0 heterocycles. The molecule has 0 aliphatic carbocycles. The predicted molar refractivity (Wildman–Crippen MR) is 83.4 cm³/mol. The van der Waals surface area contributed by atoms with Crippen LogP contribution in [-0.4, -0.2) is 36.8 Å². The van der Waals surface area contributed by atoms with Crippen molar-refractivity contribution in [3.8, 4) is 0 Å². The molecule has 2 N–H and O–H groups in total. The van der Waals surface area contributed by atoms with E-state index in [2.05, 4.69) is 42.3 Å². The molecule has 0 spiro atoms. The fraction of sp³-hybridized carbons (Fsp3) is 0.562. The number of hydrogen-bond donors (Lipinski definition) is 2. The summed E-state index contributed by atoms with van der Waals surface area (Å²) in [6.45, 7) is 8.57. The second kappa shape index (κ2) is 8.59. The lowest BCUT2D eigenvalue weighted by atomic mass is 10.1. The number of nitrogens with one attached hydrogen (secondary N) is 1. The molecule has 0 saturated heterocycles. The van der Waals surface area contributed by atoms with Gasteiger partial charge in [0.05, 0.1) is 0 Å². The molecule has 4 nitrogen and oxygen atoms in total. The van der Waals surface area contributed by atoms with E-state index in [0.29, 0.717) is 6.42 Å². The summed E-state index contributed by atoms with van der Waals surface area (Å²) in [5.41, 5.74) is 2.38. The fourth-order valence-corrected chi connectivity index (χ4v) is 2.21. The number of benzene rings is 1. The normalized spacial score (nSPS) is 12.2. The van der Waals surface area contributed by atoms with Crippen molar-refractivity contribution in [1.29, 1.82) is 0 Å². The van der Waals surface area contributed by atoms with Crippen LogP contribution in [-0.2, 0) is 4.79 Å². The van der Waals surface area contributed by atoms with E-state index in [1.165, 1.54) is 5.56 Å². The maximum atomic E-state index is 11.2. The van der Waals surface area contributed by atoms with Gasteiger partial charge >= 0.3 is 5.97 Å². The molecule has 0 radical (unpaired) electrons. The zero-order valence-corrected chi connectivity index (χ0v) is 12.7. The van der Waals surface area contributed by atoms with E-state index in [1.807, 2.05) is 13.0 Å². The minimum Gasteiger partial charge on any atom is -0.480 e. The summed E-state index contributed by atoms with van der Waals surface area (Å²) < 4.78 is 0. The van der Waals surface area contributed by atoms with Crippen molar-refractivity contribution in [2.75, 3.05) is 24.5 Å². The van der Waals surface area contributed by atoms with Crippen LogP contribution in [0.2, 0.25) is 0 Å². The number of aliphatic carboxylic acids is 1. The van der Waals surface area contributed by atoms with E-state index in [1.54, 1.807) is 0 Å². The van der Waals surface area contributed by atoms with Crippen LogP contribution in [0.5, 0.6) is 0 Å². The minimum absolute atomic E-state index is 0.464. The molecule has 1 aromatic rings. The Morgan fingerprint density at radius 2 is 2.15 bits per heavy atom. The summed E-state index contributed by atoms with van der Waals surface area (Å²) in [5.74, 6) is -0.765. The zero-order valence-electron chi connectivity index (χ0n) is 12.7. The standard InChI is InChI=1S/C16H26N2O2/c1-4-10-17-15(16(19)20)9-11-18(5-2)14-8-6-7-13(3)12-14/h6-8,12,15,17H,4-5,9-11H2,1-3H3,(H,19,20). The molecule has 1 aromatic carbocycles. The van der Waals surface area contributed by atoms with Crippen molar-refractivity contribution >= 4 is 11.7 Å². The summed E-state index contributed by atoms with van der Waals surface area (Å²) >= 11 is 0. The first-order valence-corrected chi connectivity index (χ1v) is 7.36. The van der Waals surface area contributed by atoms with E-state index >= 15 is 0 Å². The average molecular weight is 278 g/mol. The number of rotatable bonds is 9. The molecule has 4 heteroatoms. The largest absolute Gasteiger partial charge is 0.480 e. The number of carboxylic acids is 1. The van der Waals surface area contributed by atoms with Gasteiger partial charge in [0.1, 0.15) is 6.04 Å². The van der Waals surface area contributed by atoms with Gasteiger partial charge in [0, 0.05) is 18.8 Å². The Morgan fingerprint density at radius 3 is 2.70 bits per heavy atom. The quantitative estimate of drug-likeness (QED) is 0.729. The van der Waals surface area contributed by atoms with Crippen LogP contribution in [0.3, 0.4) is 0 Å². The van der Waals surface area contributed by atoms with Crippen LogP contribution in [0, 0.1) is 6.92 Å². The predicted octanol–water partition coefficient (Wildman–Crippen LogP) is 2.66. The maximum absolute atomic E-state index is 11.2. The maximum Gasteiger partial charge on any atom is 0.320 e. The lowest BCUT2D eigenvalue weighted by molar-refractivity contribution is -0.139. The number of hydrogen-bond acceptors (Lipinski definition) is 3. The Morgan fingerprint density at radius 1 is 1.40 bits per heavy atom. The number of anilines is 1. The first-order chi connectivity index (χ1) is 9.58. The van der Waals surface area contributed by atoms with Crippen molar-refractivity contribution < 1.29 is 9.90 Å². The zero-order chi connectivity index (χ0) is 15.0. The average Bonchev–Trinajstić information content (AvgIpc) is 2.42. The Hall–Kier alpha value is -1.55. The molecule has 0 fully saturated rings. The monoisotopic (exact) mass is 278 g/mol. The lowest BCUT2D eigenvalue weighted by Gasteiger charge is -2.25. The summed E-state index contributed by atoms with van der Waals surface area (Å²) in [7, 11) is 0. The highest BCUT2D eigenvalue weighted by atomic mass is 16.4. The molecule has 0 bridgehead atoms. The Bertz CT molecular complexity index is 421. The van der Waals surface area contributed by atoms with Gasteiger partial charge in [0.15, 0.2) is 0 Å².